The van der Waals surface area contributed by atoms with Crippen LogP contribution in [-0.4, -0.2) is 20.3 Å². The average Bonchev–Trinajstić information content (AvgIpc) is 2.47. The molecule has 0 aliphatic carbocycles. The number of rotatable bonds is 7. The molecule has 2 rings (SSSR count). The predicted octanol–water partition coefficient (Wildman–Crippen LogP) is 4.39. The zero-order chi connectivity index (χ0) is 15.1. The Morgan fingerprint density at radius 1 is 1.10 bits per heavy atom. The second-order valence-electron chi connectivity index (χ2n) is 4.82. The summed E-state index contributed by atoms with van der Waals surface area (Å²) < 4.78 is 11.7. The maximum atomic E-state index is 5.60. The van der Waals surface area contributed by atoms with E-state index in [0.717, 1.165) is 22.5 Å². The van der Waals surface area contributed by atoms with Gasteiger partial charge in [0.15, 0.2) is 0 Å². The van der Waals surface area contributed by atoms with Gasteiger partial charge in [-0.2, -0.15) is 0 Å². The summed E-state index contributed by atoms with van der Waals surface area (Å²) >= 11 is 3.60. The molecule has 0 bridgehead atoms. The normalized spacial score (nSPS) is 10.4. The molecule has 0 saturated heterocycles. The van der Waals surface area contributed by atoms with Gasteiger partial charge in [-0.1, -0.05) is 34.1 Å². The van der Waals surface area contributed by atoms with Crippen LogP contribution in [0.4, 0.5) is 5.69 Å². The molecule has 2 aromatic carbocycles. The smallest absolute Gasteiger partial charge is 0.121 e. The average molecular weight is 350 g/mol. The summed E-state index contributed by atoms with van der Waals surface area (Å²) in [6.07, 6.45) is 0. The lowest BCUT2D eigenvalue weighted by molar-refractivity contribution is 0.146. The second-order valence-corrected chi connectivity index (χ2v) is 5.67. The number of hydrogen-bond donors (Lipinski definition) is 1. The fourth-order valence-corrected chi connectivity index (χ4v) is 2.57. The number of hydrogen-bond acceptors (Lipinski definition) is 3. The molecular weight excluding hydrogens is 330 g/mol. The van der Waals surface area contributed by atoms with E-state index in [1.807, 2.05) is 24.3 Å². The highest BCUT2D eigenvalue weighted by Gasteiger charge is 2.01. The first-order valence-electron chi connectivity index (χ1n) is 6.90. The lowest BCUT2D eigenvalue weighted by atomic mass is 10.1. The number of anilines is 1. The standard InChI is InChI=1S/C17H20BrNO2/c1-13-6-7-14(17(18)10-13)12-19-15-4-3-5-16(11-15)21-9-8-20-2/h3-7,10-11,19H,8-9,12H2,1-2H3. The van der Waals surface area contributed by atoms with Crippen molar-refractivity contribution in [2.24, 2.45) is 0 Å². The van der Waals surface area contributed by atoms with Gasteiger partial charge in [0.05, 0.1) is 6.61 Å². The Bertz CT molecular complexity index is 587. The first-order valence-corrected chi connectivity index (χ1v) is 7.69. The minimum Gasteiger partial charge on any atom is -0.491 e. The van der Waals surface area contributed by atoms with Crippen molar-refractivity contribution in [2.45, 2.75) is 13.5 Å². The van der Waals surface area contributed by atoms with Gasteiger partial charge in [0.25, 0.3) is 0 Å². The number of methoxy groups -OCH3 is 1. The Balaban J connectivity index is 1.95. The largest absolute Gasteiger partial charge is 0.491 e. The van der Waals surface area contributed by atoms with E-state index in [9.17, 15) is 0 Å². The van der Waals surface area contributed by atoms with E-state index in [1.54, 1.807) is 7.11 Å². The molecule has 4 heteroatoms. The summed E-state index contributed by atoms with van der Waals surface area (Å²) in [6.45, 7) is 4.00. The molecule has 0 unspecified atom stereocenters. The van der Waals surface area contributed by atoms with Crippen molar-refractivity contribution in [3.05, 3.63) is 58.1 Å². The molecule has 0 saturated carbocycles. The molecule has 0 radical (unpaired) electrons. The third kappa shape index (κ3) is 5.06. The molecule has 0 spiro atoms. The predicted molar refractivity (Wildman–Crippen MR) is 90.0 cm³/mol. The second kappa shape index (κ2) is 8.05. The number of halogens is 1. The summed E-state index contributed by atoms with van der Waals surface area (Å²) in [4.78, 5) is 0. The van der Waals surface area contributed by atoms with E-state index in [1.165, 1.54) is 11.1 Å². The summed E-state index contributed by atoms with van der Waals surface area (Å²) in [7, 11) is 1.67. The van der Waals surface area contributed by atoms with Gasteiger partial charge < -0.3 is 14.8 Å². The summed E-state index contributed by atoms with van der Waals surface area (Å²) in [5.41, 5.74) is 3.52. The lowest BCUT2D eigenvalue weighted by Gasteiger charge is -2.11. The van der Waals surface area contributed by atoms with Crippen LogP contribution in [0.1, 0.15) is 11.1 Å². The van der Waals surface area contributed by atoms with Crippen molar-refractivity contribution in [3.63, 3.8) is 0 Å². The van der Waals surface area contributed by atoms with E-state index in [0.29, 0.717) is 13.2 Å². The molecule has 0 amide bonds. The molecule has 0 heterocycles. The van der Waals surface area contributed by atoms with Crippen molar-refractivity contribution < 1.29 is 9.47 Å². The highest BCUT2D eigenvalue weighted by molar-refractivity contribution is 9.10. The van der Waals surface area contributed by atoms with E-state index in [2.05, 4.69) is 46.4 Å². The van der Waals surface area contributed by atoms with Gasteiger partial charge in [-0.05, 0) is 36.2 Å². The summed E-state index contributed by atoms with van der Waals surface area (Å²) in [5.74, 6) is 0.847. The Morgan fingerprint density at radius 2 is 1.95 bits per heavy atom. The Hall–Kier alpha value is -1.52. The lowest BCUT2D eigenvalue weighted by Crippen LogP contribution is -2.05. The molecular formula is C17H20BrNO2. The number of ether oxygens (including phenoxy) is 2. The first-order chi connectivity index (χ1) is 10.2. The molecule has 0 atom stereocenters. The molecule has 3 nitrogen and oxygen atoms in total. The molecule has 0 fully saturated rings. The highest BCUT2D eigenvalue weighted by atomic mass is 79.9. The Kier molecular flexibility index (Phi) is 6.08. The SMILES string of the molecule is COCCOc1cccc(NCc2ccc(C)cc2Br)c1. The zero-order valence-corrected chi connectivity index (χ0v) is 13.9. The third-order valence-corrected chi connectivity index (χ3v) is 3.82. The molecule has 2 aromatic rings. The van der Waals surface area contributed by atoms with E-state index < -0.39 is 0 Å². The monoisotopic (exact) mass is 349 g/mol. The minimum absolute atomic E-state index is 0.559. The number of nitrogens with one attached hydrogen (secondary N) is 1. The van der Waals surface area contributed by atoms with Gasteiger partial charge in [-0.3, -0.25) is 0 Å². The van der Waals surface area contributed by atoms with Crippen LogP contribution in [0, 0.1) is 6.92 Å². The van der Waals surface area contributed by atoms with Crippen molar-refractivity contribution >= 4 is 21.6 Å². The van der Waals surface area contributed by atoms with Crippen LogP contribution >= 0.6 is 15.9 Å². The zero-order valence-electron chi connectivity index (χ0n) is 12.4. The maximum absolute atomic E-state index is 5.60. The van der Waals surface area contributed by atoms with Crippen LogP contribution in [0.25, 0.3) is 0 Å². The van der Waals surface area contributed by atoms with Crippen molar-refractivity contribution in [1.29, 1.82) is 0 Å². The molecule has 1 N–H and O–H groups in total. The third-order valence-electron chi connectivity index (χ3n) is 3.08. The molecule has 21 heavy (non-hydrogen) atoms. The van der Waals surface area contributed by atoms with Crippen LogP contribution in [0.2, 0.25) is 0 Å². The van der Waals surface area contributed by atoms with Crippen LogP contribution in [-0.2, 0) is 11.3 Å². The molecule has 0 aliphatic rings. The fraction of sp³-hybridized carbons (Fsp3) is 0.294. The summed E-state index contributed by atoms with van der Waals surface area (Å²) in [5, 5.41) is 3.41. The quantitative estimate of drug-likeness (QED) is 0.751. The van der Waals surface area contributed by atoms with Crippen molar-refractivity contribution in [1.82, 2.24) is 0 Å². The fourth-order valence-electron chi connectivity index (χ4n) is 1.93. The van der Waals surface area contributed by atoms with Crippen LogP contribution in [0.15, 0.2) is 46.9 Å². The van der Waals surface area contributed by atoms with E-state index in [4.69, 9.17) is 9.47 Å². The van der Waals surface area contributed by atoms with Crippen molar-refractivity contribution in [3.8, 4) is 5.75 Å². The van der Waals surface area contributed by atoms with Gasteiger partial charge in [0.2, 0.25) is 0 Å². The Labute approximate surface area is 134 Å². The van der Waals surface area contributed by atoms with Gasteiger partial charge in [0, 0.05) is 29.9 Å². The van der Waals surface area contributed by atoms with Gasteiger partial charge in [-0.15, -0.1) is 0 Å². The maximum Gasteiger partial charge on any atom is 0.121 e. The topological polar surface area (TPSA) is 30.5 Å². The van der Waals surface area contributed by atoms with Crippen LogP contribution in [0.3, 0.4) is 0 Å². The molecule has 0 aromatic heterocycles. The van der Waals surface area contributed by atoms with Gasteiger partial charge in [0.1, 0.15) is 12.4 Å². The van der Waals surface area contributed by atoms with Crippen molar-refractivity contribution in [2.75, 3.05) is 25.6 Å². The minimum atomic E-state index is 0.559. The van der Waals surface area contributed by atoms with Gasteiger partial charge >= 0.3 is 0 Å². The van der Waals surface area contributed by atoms with E-state index in [-0.39, 0.29) is 0 Å². The summed E-state index contributed by atoms with van der Waals surface area (Å²) in [6, 6.07) is 14.3. The molecule has 112 valence electrons. The Morgan fingerprint density at radius 3 is 2.71 bits per heavy atom. The highest BCUT2D eigenvalue weighted by Crippen LogP contribution is 2.21. The van der Waals surface area contributed by atoms with Crippen LogP contribution in [0.5, 0.6) is 5.75 Å². The van der Waals surface area contributed by atoms with Crippen LogP contribution < -0.4 is 10.1 Å². The first kappa shape index (κ1) is 15.9. The molecule has 0 aliphatic heterocycles. The van der Waals surface area contributed by atoms with E-state index >= 15 is 0 Å². The number of aryl methyl sites for hydroxylation is 1. The number of benzene rings is 2. The van der Waals surface area contributed by atoms with Gasteiger partial charge in [-0.25, -0.2) is 0 Å².